The second kappa shape index (κ2) is 5.30. The summed E-state index contributed by atoms with van der Waals surface area (Å²) in [5, 5.41) is 17.8. The molecule has 0 aliphatic heterocycles. The molecular formula is C11H19NO4. The maximum Gasteiger partial charge on any atom is 0.307 e. The average Bonchev–Trinajstić information content (AvgIpc) is 2.59. The van der Waals surface area contributed by atoms with Crippen molar-refractivity contribution in [2.24, 2.45) is 17.8 Å². The van der Waals surface area contributed by atoms with E-state index < -0.39 is 17.8 Å². The molecule has 0 aromatic heterocycles. The van der Waals surface area contributed by atoms with Gasteiger partial charge in [-0.2, -0.15) is 0 Å². The van der Waals surface area contributed by atoms with Crippen LogP contribution in [0.15, 0.2) is 0 Å². The van der Waals surface area contributed by atoms with Gasteiger partial charge in [0.1, 0.15) is 0 Å². The van der Waals surface area contributed by atoms with Crippen LogP contribution in [-0.4, -0.2) is 47.2 Å². The monoisotopic (exact) mass is 229 g/mol. The van der Waals surface area contributed by atoms with Gasteiger partial charge in [0.15, 0.2) is 0 Å². The molecule has 1 aliphatic carbocycles. The molecule has 1 fully saturated rings. The first-order valence-corrected chi connectivity index (χ1v) is 5.56. The number of carbonyl (C=O) groups is 2. The van der Waals surface area contributed by atoms with Crippen molar-refractivity contribution in [2.75, 3.05) is 20.2 Å². The minimum atomic E-state index is -0.889. The van der Waals surface area contributed by atoms with E-state index in [-0.39, 0.29) is 25.0 Å². The molecule has 1 saturated carbocycles. The Balaban J connectivity index is 2.70. The third kappa shape index (κ3) is 2.72. The van der Waals surface area contributed by atoms with E-state index in [0.717, 1.165) is 0 Å². The first-order chi connectivity index (χ1) is 7.47. The van der Waals surface area contributed by atoms with Crippen molar-refractivity contribution >= 4 is 11.9 Å². The number of aliphatic hydroxyl groups excluding tert-OH is 1. The van der Waals surface area contributed by atoms with E-state index in [1.165, 1.54) is 4.90 Å². The zero-order valence-electron chi connectivity index (χ0n) is 9.72. The molecule has 2 N–H and O–H groups in total. The van der Waals surface area contributed by atoms with Crippen LogP contribution >= 0.6 is 0 Å². The van der Waals surface area contributed by atoms with Gasteiger partial charge in [0.05, 0.1) is 18.4 Å². The van der Waals surface area contributed by atoms with Crippen LogP contribution in [0.1, 0.15) is 19.8 Å². The molecule has 0 spiro atoms. The first kappa shape index (κ1) is 13.0. The molecule has 5 heteroatoms. The Morgan fingerprint density at radius 3 is 2.38 bits per heavy atom. The smallest absolute Gasteiger partial charge is 0.307 e. The lowest BCUT2D eigenvalue weighted by Gasteiger charge is -2.22. The van der Waals surface area contributed by atoms with Gasteiger partial charge in [0.2, 0.25) is 5.91 Å². The Morgan fingerprint density at radius 2 is 1.88 bits per heavy atom. The van der Waals surface area contributed by atoms with Crippen LogP contribution in [0.2, 0.25) is 0 Å². The van der Waals surface area contributed by atoms with Gasteiger partial charge in [-0.15, -0.1) is 0 Å². The number of carboxylic acids is 1. The third-order valence-electron chi connectivity index (χ3n) is 3.24. The Labute approximate surface area is 95.1 Å². The summed E-state index contributed by atoms with van der Waals surface area (Å²) in [7, 11) is 1.60. The van der Waals surface area contributed by atoms with Gasteiger partial charge in [-0.25, -0.2) is 0 Å². The standard InChI is InChI=1S/C11H19NO4/c1-7-5-8(9(6-7)11(15)16)10(14)12(2)3-4-13/h7-9,13H,3-6H2,1-2H3,(H,15,16). The summed E-state index contributed by atoms with van der Waals surface area (Å²) in [6.45, 7) is 2.13. The van der Waals surface area contributed by atoms with Crippen molar-refractivity contribution in [3.05, 3.63) is 0 Å². The molecular weight excluding hydrogens is 210 g/mol. The van der Waals surface area contributed by atoms with Crippen molar-refractivity contribution in [1.29, 1.82) is 0 Å². The van der Waals surface area contributed by atoms with Gasteiger partial charge in [0.25, 0.3) is 0 Å². The molecule has 0 bridgehead atoms. The second-order valence-electron chi connectivity index (χ2n) is 4.61. The van der Waals surface area contributed by atoms with Gasteiger partial charge < -0.3 is 15.1 Å². The van der Waals surface area contributed by atoms with Gasteiger partial charge in [-0.1, -0.05) is 6.92 Å². The van der Waals surface area contributed by atoms with Crippen LogP contribution in [0.5, 0.6) is 0 Å². The number of nitrogens with zero attached hydrogens (tertiary/aromatic N) is 1. The zero-order chi connectivity index (χ0) is 12.3. The molecule has 3 unspecified atom stereocenters. The minimum Gasteiger partial charge on any atom is -0.481 e. The van der Waals surface area contributed by atoms with Gasteiger partial charge in [-0.05, 0) is 18.8 Å². The lowest BCUT2D eigenvalue weighted by molar-refractivity contribution is -0.148. The summed E-state index contributed by atoms with van der Waals surface area (Å²) in [5.74, 6) is -1.77. The van der Waals surface area contributed by atoms with Crippen molar-refractivity contribution in [3.63, 3.8) is 0 Å². The number of hydrogen-bond acceptors (Lipinski definition) is 3. The summed E-state index contributed by atoms with van der Waals surface area (Å²) < 4.78 is 0. The molecule has 5 nitrogen and oxygen atoms in total. The van der Waals surface area contributed by atoms with Crippen molar-refractivity contribution in [2.45, 2.75) is 19.8 Å². The summed E-state index contributed by atoms with van der Waals surface area (Å²) >= 11 is 0. The number of hydrogen-bond donors (Lipinski definition) is 2. The maximum atomic E-state index is 11.9. The molecule has 0 aromatic rings. The predicted octanol–water partition coefficient (Wildman–Crippen LogP) is 0.184. The Morgan fingerprint density at radius 1 is 1.31 bits per heavy atom. The largest absolute Gasteiger partial charge is 0.481 e. The van der Waals surface area contributed by atoms with Gasteiger partial charge in [-0.3, -0.25) is 9.59 Å². The van der Waals surface area contributed by atoms with Crippen LogP contribution in [0.25, 0.3) is 0 Å². The van der Waals surface area contributed by atoms with Crippen LogP contribution in [0.3, 0.4) is 0 Å². The topological polar surface area (TPSA) is 77.8 Å². The van der Waals surface area contributed by atoms with Gasteiger partial charge >= 0.3 is 5.97 Å². The van der Waals surface area contributed by atoms with Crippen molar-refractivity contribution < 1.29 is 19.8 Å². The number of aliphatic hydroxyl groups is 1. The number of rotatable bonds is 4. The Hall–Kier alpha value is -1.10. The van der Waals surface area contributed by atoms with E-state index >= 15 is 0 Å². The molecule has 3 atom stereocenters. The number of carboxylic acid groups (broad SMARTS) is 1. The normalized spacial score (nSPS) is 29.1. The van der Waals surface area contributed by atoms with E-state index in [9.17, 15) is 9.59 Å². The highest BCUT2D eigenvalue weighted by atomic mass is 16.4. The van der Waals surface area contributed by atoms with Crippen molar-refractivity contribution in [3.8, 4) is 0 Å². The molecule has 0 radical (unpaired) electrons. The number of amides is 1. The fraction of sp³-hybridized carbons (Fsp3) is 0.818. The Bertz CT molecular complexity index is 279. The molecule has 1 aliphatic rings. The molecule has 16 heavy (non-hydrogen) atoms. The summed E-state index contributed by atoms with van der Waals surface area (Å²) in [5.41, 5.74) is 0. The quantitative estimate of drug-likeness (QED) is 0.721. The van der Waals surface area contributed by atoms with Crippen LogP contribution in [0, 0.1) is 17.8 Å². The molecule has 0 heterocycles. The highest BCUT2D eigenvalue weighted by Gasteiger charge is 2.42. The van der Waals surface area contributed by atoms with Crippen LogP contribution in [0.4, 0.5) is 0 Å². The van der Waals surface area contributed by atoms with Crippen LogP contribution < -0.4 is 0 Å². The lowest BCUT2D eigenvalue weighted by atomic mass is 9.95. The predicted molar refractivity (Wildman–Crippen MR) is 57.7 cm³/mol. The number of aliphatic carboxylic acids is 1. The number of likely N-dealkylation sites (N-methyl/N-ethyl adjacent to an activating group) is 1. The van der Waals surface area contributed by atoms with E-state index in [2.05, 4.69) is 0 Å². The summed E-state index contributed by atoms with van der Waals surface area (Å²) in [4.78, 5) is 24.4. The molecule has 1 amide bonds. The fourth-order valence-corrected chi connectivity index (χ4v) is 2.38. The SMILES string of the molecule is CC1CC(C(=O)O)C(C(=O)N(C)CCO)C1. The highest BCUT2D eigenvalue weighted by molar-refractivity contribution is 5.85. The lowest BCUT2D eigenvalue weighted by Crippen LogP contribution is -2.38. The molecule has 92 valence electrons. The van der Waals surface area contributed by atoms with Gasteiger partial charge in [0, 0.05) is 13.6 Å². The average molecular weight is 229 g/mol. The Kier molecular flexibility index (Phi) is 4.29. The molecule has 0 aromatic carbocycles. The van der Waals surface area contributed by atoms with E-state index in [4.69, 9.17) is 10.2 Å². The van der Waals surface area contributed by atoms with Crippen LogP contribution in [-0.2, 0) is 9.59 Å². The maximum absolute atomic E-state index is 11.9. The fourth-order valence-electron chi connectivity index (χ4n) is 2.38. The number of carbonyl (C=O) groups excluding carboxylic acids is 1. The molecule has 0 saturated heterocycles. The van der Waals surface area contributed by atoms with E-state index in [0.29, 0.717) is 12.8 Å². The molecule has 1 rings (SSSR count). The zero-order valence-corrected chi connectivity index (χ0v) is 9.72. The summed E-state index contributed by atoms with van der Waals surface area (Å²) in [6.07, 6.45) is 1.20. The van der Waals surface area contributed by atoms with Crippen molar-refractivity contribution in [1.82, 2.24) is 4.90 Å². The van der Waals surface area contributed by atoms with E-state index in [1.807, 2.05) is 6.92 Å². The summed E-state index contributed by atoms with van der Waals surface area (Å²) in [6, 6.07) is 0. The third-order valence-corrected chi connectivity index (χ3v) is 3.24. The minimum absolute atomic E-state index is 0.0950. The second-order valence-corrected chi connectivity index (χ2v) is 4.61. The first-order valence-electron chi connectivity index (χ1n) is 5.56. The highest BCUT2D eigenvalue weighted by Crippen LogP contribution is 2.37. The van der Waals surface area contributed by atoms with E-state index in [1.54, 1.807) is 7.05 Å².